The van der Waals surface area contributed by atoms with E-state index in [2.05, 4.69) is 29.4 Å². The zero-order valence-corrected chi connectivity index (χ0v) is 24.0. The van der Waals surface area contributed by atoms with E-state index in [-0.39, 0.29) is 36.4 Å². The Hall–Kier alpha value is -3.07. The maximum atomic E-state index is 13.6. The van der Waals surface area contributed by atoms with Crippen molar-refractivity contribution < 1.29 is 19.1 Å². The lowest BCUT2D eigenvalue weighted by molar-refractivity contribution is -0.122. The number of nitrogens with one attached hydrogen (secondary N) is 2. The Balaban J connectivity index is 1.59. The number of nitrogens with zero attached hydrogens (tertiary/aromatic N) is 3. The highest BCUT2D eigenvalue weighted by molar-refractivity contribution is 5.94. The molecule has 214 valence electrons. The first-order valence-electron chi connectivity index (χ1n) is 14.6. The van der Waals surface area contributed by atoms with Crippen molar-refractivity contribution in [1.82, 2.24) is 25.3 Å². The molecule has 0 aliphatic heterocycles. The molecule has 1 aromatic carbocycles. The molecule has 0 saturated heterocycles. The number of hydrogen-bond acceptors (Lipinski definition) is 6. The molecular formula is C30H45N5O4. The van der Waals surface area contributed by atoms with Gasteiger partial charge in [-0.05, 0) is 69.8 Å². The molecule has 1 unspecified atom stereocenters. The fourth-order valence-corrected chi connectivity index (χ4v) is 5.65. The lowest BCUT2D eigenvalue weighted by atomic mass is 9.93. The minimum absolute atomic E-state index is 0.000444. The van der Waals surface area contributed by atoms with Crippen molar-refractivity contribution in [3.05, 3.63) is 30.0 Å². The smallest absolute Gasteiger partial charge is 0.272 e. The predicted octanol–water partition coefficient (Wildman–Crippen LogP) is 4.57. The van der Waals surface area contributed by atoms with E-state index in [0.29, 0.717) is 23.6 Å². The molecule has 9 heteroatoms. The van der Waals surface area contributed by atoms with Crippen LogP contribution in [0.2, 0.25) is 0 Å². The molecule has 2 amide bonds. The number of carbonyl (C=O) groups is 2. The summed E-state index contributed by atoms with van der Waals surface area (Å²) in [5, 5.41) is 11.1. The van der Waals surface area contributed by atoms with Crippen LogP contribution < -0.4 is 20.1 Å². The van der Waals surface area contributed by atoms with Gasteiger partial charge in [-0.25, -0.2) is 0 Å². The van der Waals surface area contributed by atoms with Crippen LogP contribution in [0.15, 0.2) is 24.3 Å². The molecule has 1 atom stereocenters. The van der Waals surface area contributed by atoms with Crippen LogP contribution in [0.5, 0.6) is 11.5 Å². The molecule has 2 fully saturated rings. The molecule has 2 aliphatic rings. The summed E-state index contributed by atoms with van der Waals surface area (Å²) < 4.78 is 13.4. The van der Waals surface area contributed by atoms with Gasteiger partial charge in [0.25, 0.3) is 5.91 Å². The number of amides is 2. The minimum atomic E-state index is -0.279. The van der Waals surface area contributed by atoms with Crippen molar-refractivity contribution in [2.24, 2.45) is 0 Å². The monoisotopic (exact) mass is 539 g/mol. The van der Waals surface area contributed by atoms with Crippen molar-refractivity contribution in [2.45, 2.75) is 89.8 Å². The molecule has 1 aromatic heterocycles. The van der Waals surface area contributed by atoms with Gasteiger partial charge in [-0.15, -0.1) is 0 Å². The molecule has 2 N–H and O–H groups in total. The van der Waals surface area contributed by atoms with Gasteiger partial charge < -0.3 is 25.0 Å². The summed E-state index contributed by atoms with van der Waals surface area (Å²) in [6.45, 7) is 6.94. The first-order valence-corrected chi connectivity index (χ1v) is 14.6. The average molecular weight is 540 g/mol. The van der Waals surface area contributed by atoms with Crippen LogP contribution >= 0.6 is 0 Å². The standard InChI is InChI=1S/C30H45N5O4/c1-5-34(6-2)18-17-22(19-28(36)31-21-11-9-12-21)32-30(37)24-20-25(35(33-24)23-13-7-8-14-23)29-26(38-3)15-10-16-27(29)39-4/h10,15-16,20-23H,5-9,11-14,17-19H2,1-4H3,(H,31,36)(H,32,37). The average Bonchev–Trinajstić information content (AvgIpc) is 3.61. The molecule has 0 spiro atoms. The van der Waals surface area contributed by atoms with E-state index >= 15 is 0 Å². The number of carbonyl (C=O) groups excluding carboxylic acids is 2. The second-order valence-corrected chi connectivity index (χ2v) is 10.7. The summed E-state index contributed by atoms with van der Waals surface area (Å²) in [7, 11) is 3.27. The van der Waals surface area contributed by atoms with E-state index in [9.17, 15) is 9.59 Å². The summed E-state index contributed by atoms with van der Waals surface area (Å²) in [6, 6.07) is 7.73. The van der Waals surface area contributed by atoms with Crippen LogP contribution in [0, 0.1) is 0 Å². The van der Waals surface area contributed by atoms with Gasteiger partial charge in [0.15, 0.2) is 5.69 Å². The summed E-state index contributed by atoms with van der Waals surface area (Å²) >= 11 is 0. The van der Waals surface area contributed by atoms with Crippen LogP contribution in [0.25, 0.3) is 11.3 Å². The van der Waals surface area contributed by atoms with Crippen LogP contribution in [-0.2, 0) is 4.79 Å². The number of aromatic nitrogens is 2. The fourth-order valence-electron chi connectivity index (χ4n) is 5.65. The molecule has 2 aliphatic carbocycles. The number of benzene rings is 1. The summed E-state index contributed by atoms with van der Waals surface area (Å²) in [5.41, 5.74) is 1.94. The molecular weight excluding hydrogens is 494 g/mol. The lowest BCUT2D eigenvalue weighted by Crippen LogP contribution is -2.45. The predicted molar refractivity (Wildman–Crippen MR) is 152 cm³/mol. The van der Waals surface area contributed by atoms with Gasteiger partial charge in [-0.1, -0.05) is 32.8 Å². The number of methoxy groups -OCH3 is 2. The van der Waals surface area contributed by atoms with E-state index in [4.69, 9.17) is 14.6 Å². The highest BCUT2D eigenvalue weighted by Crippen LogP contribution is 2.41. The largest absolute Gasteiger partial charge is 0.496 e. The summed E-state index contributed by atoms with van der Waals surface area (Å²) in [5.74, 6) is 1.08. The minimum Gasteiger partial charge on any atom is -0.496 e. The highest BCUT2D eigenvalue weighted by Gasteiger charge is 2.28. The lowest BCUT2D eigenvalue weighted by Gasteiger charge is -2.28. The van der Waals surface area contributed by atoms with Crippen molar-refractivity contribution in [3.8, 4) is 22.8 Å². The molecule has 9 nitrogen and oxygen atoms in total. The van der Waals surface area contributed by atoms with Crippen molar-refractivity contribution in [1.29, 1.82) is 0 Å². The molecule has 4 rings (SSSR count). The maximum Gasteiger partial charge on any atom is 0.272 e. The van der Waals surface area contributed by atoms with Crippen molar-refractivity contribution in [2.75, 3.05) is 33.9 Å². The number of hydrogen-bond donors (Lipinski definition) is 2. The Labute approximate surface area is 232 Å². The van der Waals surface area contributed by atoms with Crippen LogP contribution in [0.1, 0.15) is 88.2 Å². The van der Waals surface area contributed by atoms with E-state index < -0.39 is 0 Å². The molecule has 2 saturated carbocycles. The molecule has 1 heterocycles. The molecule has 2 aromatic rings. The Kier molecular flexibility index (Phi) is 10.3. The zero-order chi connectivity index (χ0) is 27.8. The highest BCUT2D eigenvalue weighted by atomic mass is 16.5. The van der Waals surface area contributed by atoms with Gasteiger partial charge in [-0.2, -0.15) is 5.10 Å². The van der Waals surface area contributed by atoms with Gasteiger partial charge in [0.05, 0.1) is 31.5 Å². The number of rotatable bonds is 14. The number of ether oxygens (including phenoxy) is 2. The third-order valence-corrected chi connectivity index (χ3v) is 8.25. The first kappa shape index (κ1) is 28.9. The topological polar surface area (TPSA) is 97.7 Å². The van der Waals surface area contributed by atoms with Crippen molar-refractivity contribution in [3.63, 3.8) is 0 Å². The molecule has 0 bridgehead atoms. The zero-order valence-electron chi connectivity index (χ0n) is 24.0. The first-order chi connectivity index (χ1) is 19.0. The Morgan fingerprint density at radius 3 is 2.28 bits per heavy atom. The van der Waals surface area contributed by atoms with Crippen LogP contribution in [0.3, 0.4) is 0 Å². The van der Waals surface area contributed by atoms with Gasteiger partial charge in [-0.3, -0.25) is 14.3 Å². The maximum absolute atomic E-state index is 13.6. The van der Waals surface area contributed by atoms with Gasteiger partial charge in [0.2, 0.25) is 5.91 Å². The van der Waals surface area contributed by atoms with E-state index in [1.807, 2.05) is 28.9 Å². The Bertz CT molecular complexity index is 1080. The van der Waals surface area contributed by atoms with Gasteiger partial charge in [0, 0.05) is 25.0 Å². The summed E-state index contributed by atoms with van der Waals surface area (Å²) in [4.78, 5) is 28.7. The van der Waals surface area contributed by atoms with Crippen LogP contribution in [-0.4, -0.2) is 72.4 Å². The normalized spacial score (nSPS) is 16.6. The van der Waals surface area contributed by atoms with Gasteiger partial charge in [0.1, 0.15) is 11.5 Å². The van der Waals surface area contributed by atoms with Gasteiger partial charge >= 0.3 is 0 Å². The third kappa shape index (κ3) is 7.12. The van der Waals surface area contributed by atoms with E-state index in [1.165, 1.54) is 0 Å². The Morgan fingerprint density at radius 2 is 1.72 bits per heavy atom. The van der Waals surface area contributed by atoms with Crippen LogP contribution in [0.4, 0.5) is 0 Å². The Morgan fingerprint density at radius 1 is 1.05 bits per heavy atom. The third-order valence-electron chi connectivity index (χ3n) is 8.25. The van der Waals surface area contributed by atoms with Crippen molar-refractivity contribution >= 4 is 11.8 Å². The second kappa shape index (κ2) is 13.8. The second-order valence-electron chi connectivity index (χ2n) is 10.7. The molecule has 39 heavy (non-hydrogen) atoms. The quantitative estimate of drug-likeness (QED) is 0.365. The summed E-state index contributed by atoms with van der Waals surface area (Å²) in [6.07, 6.45) is 8.50. The van der Waals surface area contributed by atoms with E-state index in [1.54, 1.807) is 14.2 Å². The fraction of sp³-hybridized carbons (Fsp3) is 0.633. The van der Waals surface area contributed by atoms with E-state index in [0.717, 1.165) is 75.8 Å². The SMILES string of the molecule is CCN(CC)CCC(CC(=O)NC1CCC1)NC(=O)c1cc(-c2c(OC)cccc2OC)n(C2CCCC2)n1. The molecule has 0 radical (unpaired) electrons.